The van der Waals surface area contributed by atoms with E-state index in [9.17, 15) is 0 Å². The summed E-state index contributed by atoms with van der Waals surface area (Å²) in [7, 11) is 2.72. The van der Waals surface area contributed by atoms with Gasteiger partial charge in [0.2, 0.25) is 0 Å². The quantitative estimate of drug-likeness (QED) is 0.234. The van der Waals surface area contributed by atoms with Gasteiger partial charge in [-0.15, -0.1) is 9.24 Å². The third-order valence-corrected chi connectivity index (χ3v) is 6.51. The van der Waals surface area contributed by atoms with Crippen molar-refractivity contribution >= 4 is 32.2 Å². The number of hydrogen-bond acceptors (Lipinski definition) is 3. The first-order valence-electron chi connectivity index (χ1n) is 9.78. The third-order valence-electron chi connectivity index (χ3n) is 4.92. The van der Waals surface area contributed by atoms with Crippen LogP contribution in [-0.4, -0.2) is 4.75 Å². The van der Waals surface area contributed by atoms with Gasteiger partial charge in [0.05, 0.1) is 5.54 Å². The number of allylic oxidation sites excluding steroid dienone is 3. The van der Waals surface area contributed by atoms with Crippen molar-refractivity contribution in [1.82, 2.24) is 4.72 Å². The van der Waals surface area contributed by atoms with E-state index in [2.05, 4.69) is 77.7 Å². The predicted octanol–water partition coefficient (Wildman–Crippen LogP) is 5.88. The average Bonchev–Trinajstić information content (AvgIpc) is 3.43. The van der Waals surface area contributed by atoms with Gasteiger partial charge in [-0.25, -0.2) is 4.72 Å². The van der Waals surface area contributed by atoms with E-state index in [1.54, 1.807) is 11.9 Å². The molecule has 2 unspecified atom stereocenters. The van der Waals surface area contributed by atoms with Crippen molar-refractivity contribution in [3.8, 4) is 0 Å². The van der Waals surface area contributed by atoms with Gasteiger partial charge in [-0.2, -0.15) is 0 Å². The fraction of sp³-hybridized carbons (Fsp3) is 0.478. The largest absolute Gasteiger partial charge is 0.398 e. The van der Waals surface area contributed by atoms with Crippen LogP contribution in [0.5, 0.6) is 0 Å². The molecule has 0 amide bonds. The summed E-state index contributed by atoms with van der Waals surface area (Å²) in [6.45, 7) is 12.9. The molecule has 0 heterocycles. The van der Waals surface area contributed by atoms with Gasteiger partial charge in [0.15, 0.2) is 0 Å². The first kappa shape index (κ1) is 22.3. The van der Waals surface area contributed by atoms with Crippen molar-refractivity contribution < 1.29 is 0 Å². The van der Waals surface area contributed by atoms with E-state index < -0.39 is 0 Å². The zero-order valence-corrected chi connectivity index (χ0v) is 19.2. The topological polar surface area (TPSA) is 38.0 Å². The highest BCUT2D eigenvalue weighted by Gasteiger charge is 2.38. The van der Waals surface area contributed by atoms with Crippen LogP contribution in [0.1, 0.15) is 58.9 Å². The second-order valence-electron chi connectivity index (χ2n) is 8.40. The molecule has 1 aliphatic rings. The molecular formula is C23H35N2PS. The number of rotatable bonds is 9. The summed E-state index contributed by atoms with van der Waals surface area (Å²) in [5.41, 5.74) is 9.19. The Balaban J connectivity index is 2.57. The Labute approximate surface area is 172 Å². The van der Waals surface area contributed by atoms with Gasteiger partial charge in [-0.3, -0.25) is 0 Å². The number of anilines is 1. The molecular weight excluding hydrogens is 367 g/mol. The second-order valence-corrected chi connectivity index (χ2v) is 10.7. The lowest BCUT2D eigenvalue weighted by molar-refractivity contribution is 0.423. The maximum atomic E-state index is 6.29. The normalized spacial score (nSPS) is 17.9. The molecule has 1 aromatic carbocycles. The molecule has 0 bridgehead atoms. The number of nitrogens with two attached hydrogens (primary N) is 1. The summed E-state index contributed by atoms with van der Waals surface area (Å²) >= 11 is 1.79. The minimum Gasteiger partial charge on any atom is -0.398 e. The lowest BCUT2D eigenvalue weighted by atomic mass is 9.78. The molecule has 2 atom stereocenters. The zero-order valence-electron chi connectivity index (χ0n) is 17.2. The van der Waals surface area contributed by atoms with Gasteiger partial charge in [0.25, 0.3) is 0 Å². The standard InChI is InChI=1S/C23H35N2PS/c1-6-8-9-18(7-2)23(15-14-17-10-11-17,25-27-22(3,4)5)19-12-13-21(26)20(24)16-19/h6-9,12-13,16-17,25H,2,10-11,14-15,24,26H2,1,3-5H3/b8-6-,18-9+. The summed E-state index contributed by atoms with van der Waals surface area (Å²) in [4.78, 5) is 0. The molecule has 4 heteroatoms. The van der Waals surface area contributed by atoms with Gasteiger partial charge in [-0.1, -0.05) is 67.8 Å². The fourth-order valence-electron chi connectivity index (χ4n) is 3.12. The van der Waals surface area contributed by atoms with Crippen LogP contribution in [0, 0.1) is 5.92 Å². The van der Waals surface area contributed by atoms with E-state index >= 15 is 0 Å². The van der Waals surface area contributed by atoms with Gasteiger partial charge < -0.3 is 5.73 Å². The molecule has 1 saturated carbocycles. The molecule has 1 aliphatic carbocycles. The number of hydrogen-bond donors (Lipinski definition) is 2. The van der Waals surface area contributed by atoms with Crippen molar-refractivity contribution in [1.29, 1.82) is 0 Å². The molecule has 148 valence electrons. The van der Waals surface area contributed by atoms with Gasteiger partial charge >= 0.3 is 0 Å². The summed E-state index contributed by atoms with van der Waals surface area (Å²) < 4.78 is 3.96. The van der Waals surface area contributed by atoms with Gasteiger partial charge in [-0.05, 0) is 69.0 Å². The lowest BCUT2D eigenvalue weighted by Crippen LogP contribution is -2.42. The summed E-state index contributed by atoms with van der Waals surface area (Å²) in [5, 5.41) is 1.04. The SMILES string of the molecule is C=C/C(=C\C=C/C)C(CCC1CC1)(NSC(C)(C)C)c1ccc(P)c(N)c1. The van der Waals surface area contributed by atoms with Crippen LogP contribution in [-0.2, 0) is 5.54 Å². The maximum absolute atomic E-state index is 6.29. The van der Waals surface area contributed by atoms with Gasteiger partial charge in [0, 0.05) is 10.4 Å². The fourth-order valence-corrected chi connectivity index (χ4v) is 4.11. The van der Waals surface area contributed by atoms with Crippen LogP contribution in [0.3, 0.4) is 0 Å². The van der Waals surface area contributed by atoms with Crippen LogP contribution < -0.4 is 15.8 Å². The predicted molar refractivity (Wildman–Crippen MR) is 127 cm³/mol. The summed E-state index contributed by atoms with van der Waals surface area (Å²) in [6, 6.07) is 6.42. The molecule has 0 saturated heterocycles. The van der Waals surface area contributed by atoms with Crippen molar-refractivity contribution in [2.45, 2.75) is 63.7 Å². The van der Waals surface area contributed by atoms with E-state index in [1.165, 1.54) is 30.4 Å². The highest BCUT2D eigenvalue weighted by molar-refractivity contribution is 7.98. The molecule has 0 aliphatic heterocycles. The maximum Gasteiger partial charge on any atom is 0.0783 e. The van der Waals surface area contributed by atoms with Crippen molar-refractivity contribution in [2.75, 3.05) is 5.73 Å². The number of benzene rings is 1. The smallest absolute Gasteiger partial charge is 0.0783 e. The Hall–Kier alpha value is -1.02. The third kappa shape index (κ3) is 6.24. The second kappa shape index (κ2) is 9.45. The molecule has 27 heavy (non-hydrogen) atoms. The van der Waals surface area contributed by atoms with E-state index in [0.29, 0.717) is 0 Å². The van der Waals surface area contributed by atoms with Crippen molar-refractivity contribution in [3.63, 3.8) is 0 Å². The van der Waals surface area contributed by atoms with E-state index in [-0.39, 0.29) is 10.3 Å². The molecule has 0 aromatic heterocycles. The minimum atomic E-state index is -0.311. The highest BCUT2D eigenvalue weighted by Crippen LogP contribution is 2.44. The Morgan fingerprint density at radius 2 is 2.07 bits per heavy atom. The molecule has 1 aromatic rings. The van der Waals surface area contributed by atoms with E-state index in [4.69, 9.17) is 5.73 Å². The molecule has 1 fully saturated rings. The van der Waals surface area contributed by atoms with Crippen LogP contribution in [0.25, 0.3) is 0 Å². The van der Waals surface area contributed by atoms with Crippen LogP contribution in [0.4, 0.5) is 5.69 Å². The Morgan fingerprint density at radius 3 is 2.59 bits per heavy atom. The first-order chi connectivity index (χ1) is 12.7. The van der Waals surface area contributed by atoms with Crippen molar-refractivity contribution in [2.24, 2.45) is 5.92 Å². The molecule has 2 nitrogen and oxygen atoms in total. The molecule has 2 rings (SSSR count). The zero-order chi connectivity index (χ0) is 20.1. The first-order valence-corrected chi connectivity index (χ1v) is 11.2. The Morgan fingerprint density at radius 1 is 1.37 bits per heavy atom. The number of nitrogen functional groups attached to an aromatic ring is 1. The van der Waals surface area contributed by atoms with Gasteiger partial charge in [0.1, 0.15) is 0 Å². The molecule has 0 radical (unpaired) electrons. The summed E-state index contributed by atoms with van der Waals surface area (Å²) in [6.07, 6.45) is 13.3. The Kier molecular flexibility index (Phi) is 7.80. The highest BCUT2D eigenvalue weighted by atomic mass is 32.2. The summed E-state index contributed by atoms with van der Waals surface area (Å²) in [5.74, 6) is 0.858. The van der Waals surface area contributed by atoms with Crippen LogP contribution in [0.15, 0.2) is 54.7 Å². The molecule has 0 spiro atoms. The average molecular weight is 403 g/mol. The number of nitrogens with one attached hydrogen (secondary N) is 1. The lowest BCUT2D eigenvalue weighted by Gasteiger charge is -2.39. The van der Waals surface area contributed by atoms with Crippen molar-refractivity contribution in [3.05, 3.63) is 60.2 Å². The monoisotopic (exact) mass is 402 g/mol. The minimum absolute atomic E-state index is 0.101. The molecule has 3 N–H and O–H groups in total. The van der Waals surface area contributed by atoms with E-state index in [1.807, 2.05) is 13.0 Å². The van der Waals surface area contributed by atoms with Crippen LogP contribution >= 0.6 is 21.2 Å². The van der Waals surface area contributed by atoms with Crippen LogP contribution in [0.2, 0.25) is 0 Å². The van der Waals surface area contributed by atoms with E-state index in [0.717, 1.165) is 23.3 Å². The Bertz CT molecular complexity index is 714.